The largest absolute Gasteiger partial charge is 0.370 e. The minimum atomic E-state index is -0.413. The van der Waals surface area contributed by atoms with Crippen LogP contribution in [-0.2, 0) is 4.79 Å². The monoisotopic (exact) mass is 251 g/mol. The number of aromatic nitrogens is 2. The van der Waals surface area contributed by atoms with E-state index in [-0.39, 0.29) is 12.5 Å². The van der Waals surface area contributed by atoms with Crippen molar-refractivity contribution in [3.63, 3.8) is 0 Å². The molecule has 1 heterocycles. The summed E-state index contributed by atoms with van der Waals surface area (Å²) in [6, 6.07) is 0. The molecule has 1 aromatic heterocycles. The molecule has 0 fully saturated rings. The summed E-state index contributed by atoms with van der Waals surface area (Å²) in [6.45, 7) is 8.82. The van der Waals surface area contributed by atoms with E-state index >= 15 is 0 Å². The maximum absolute atomic E-state index is 10.8. The van der Waals surface area contributed by atoms with Crippen LogP contribution in [0.2, 0.25) is 0 Å². The van der Waals surface area contributed by atoms with Crippen LogP contribution < -0.4 is 16.4 Å². The van der Waals surface area contributed by atoms with Crippen molar-refractivity contribution in [3.05, 3.63) is 11.4 Å². The average Bonchev–Trinajstić information content (AvgIpc) is 2.29. The molecule has 6 heteroatoms. The van der Waals surface area contributed by atoms with Crippen molar-refractivity contribution >= 4 is 17.5 Å². The van der Waals surface area contributed by atoms with E-state index in [0.29, 0.717) is 5.82 Å². The Balaban J connectivity index is 3.09. The highest BCUT2D eigenvalue weighted by Crippen LogP contribution is 2.22. The highest BCUT2D eigenvalue weighted by atomic mass is 16.1. The lowest BCUT2D eigenvalue weighted by molar-refractivity contribution is -0.116. The van der Waals surface area contributed by atoms with Crippen LogP contribution in [0.4, 0.5) is 11.6 Å². The van der Waals surface area contributed by atoms with Crippen LogP contribution in [0, 0.1) is 6.92 Å². The van der Waals surface area contributed by atoms with Gasteiger partial charge in [-0.05, 0) is 13.8 Å². The van der Waals surface area contributed by atoms with Gasteiger partial charge >= 0.3 is 0 Å². The highest BCUT2D eigenvalue weighted by Gasteiger charge is 2.12. The minimum absolute atomic E-state index is 0.0704. The molecule has 0 saturated heterocycles. The first kappa shape index (κ1) is 14.2. The first-order valence-corrected chi connectivity index (χ1v) is 6.10. The zero-order chi connectivity index (χ0) is 13.7. The fourth-order valence-corrected chi connectivity index (χ4v) is 1.47. The molecule has 0 aliphatic carbocycles. The molecule has 1 aromatic rings. The zero-order valence-corrected chi connectivity index (χ0v) is 11.4. The van der Waals surface area contributed by atoms with Crippen LogP contribution in [0.25, 0.3) is 0 Å². The molecule has 1 rings (SSSR count). The van der Waals surface area contributed by atoms with E-state index in [1.54, 1.807) is 0 Å². The Kier molecular flexibility index (Phi) is 4.88. The quantitative estimate of drug-likeness (QED) is 0.707. The predicted octanol–water partition coefficient (Wildman–Crippen LogP) is 1.24. The van der Waals surface area contributed by atoms with Crippen LogP contribution in [0.3, 0.4) is 0 Å². The Labute approximate surface area is 107 Å². The lowest BCUT2D eigenvalue weighted by atomic mass is 10.2. The van der Waals surface area contributed by atoms with Gasteiger partial charge in [0, 0.05) is 18.0 Å². The van der Waals surface area contributed by atoms with Crippen molar-refractivity contribution in [1.82, 2.24) is 9.97 Å². The Bertz CT molecular complexity index is 431. The summed E-state index contributed by atoms with van der Waals surface area (Å²) >= 11 is 0. The third-order valence-electron chi connectivity index (χ3n) is 2.45. The smallest absolute Gasteiger partial charge is 0.236 e. The fraction of sp³-hybridized carbons (Fsp3) is 0.583. The van der Waals surface area contributed by atoms with Gasteiger partial charge in [-0.2, -0.15) is 0 Å². The maximum Gasteiger partial charge on any atom is 0.236 e. The third-order valence-corrected chi connectivity index (χ3v) is 2.45. The molecule has 0 aliphatic heterocycles. The van der Waals surface area contributed by atoms with Gasteiger partial charge in [-0.1, -0.05) is 13.8 Å². The molecule has 0 saturated carbocycles. The Morgan fingerprint density at radius 2 is 1.83 bits per heavy atom. The van der Waals surface area contributed by atoms with Crippen LogP contribution in [-0.4, -0.2) is 29.0 Å². The molecular weight excluding hydrogens is 230 g/mol. The summed E-state index contributed by atoms with van der Waals surface area (Å²) < 4.78 is 0. The van der Waals surface area contributed by atoms with Crippen LogP contribution in [0.1, 0.15) is 38.1 Å². The summed E-state index contributed by atoms with van der Waals surface area (Å²) in [5, 5.41) is 6.13. The lowest BCUT2D eigenvalue weighted by Gasteiger charge is -2.15. The second-order valence-electron chi connectivity index (χ2n) is 4.41. The summed E-state index contributed by atoms with van der Waals surface area (Å²) in [5.74, 6) is 2.00. The third kappa shape index (κ3) is 3.58. The molecule has 0 bridgehead atoms. The van der Waals surface area contributed by atoms with Gasteiger partial charge in [-0.3, -0.25) is 4.79 Å². The van der Waals surface area contributed by atoms with Crippen molar-refractivity contribution in [2.24, 2.45) is 5.73 Å². The fourth-order valence-electron chi connectivity index (χ4n) is 1.47. The van der Waals surface area contributed by atoms with Crippen LogP contribution >= 0.6 is 0 Å². The molecule has 18 heavy (non-hydrogen) atoms. The number of anilines is 2. The summed E-state index contributed by atoms with van der Waals surface area (Å²) in [5.41, 5.74) is 6.02. The second kappa shape index (κ2) is 6.18. The lowest BCUT2D eigenvalue weighted by Crippen LogP contribution is -2.23. The van der Waals surface area contributed by atoms with E-state index in [4.69, 9.17) is 5.73 Å². The molecule has 1 amide bonds. The predicted molar refractivity (Wildman–Crippen MR) is 72.7 cm³/mol. The van der Waals surface area contributed by atoms with Gasteiger partial charge in [0.1, 0.15) is 17.5 Å². The van der Waals surface area contributed by atoms with E-state index in [0.717, 1.165) is 23.8 Å². The molecule has 4 N–H and O–H groups in total. The molecule has 0 aromatic carbocycles. The number of nitrogens with two attached hydrogens (primary N) is 1. The van der Waals surface area contributed by atoms with E-state index in [1.807, 2.05) is 27.7 Å². The molecule has 0 atom stereocenters. The molecular formula is C12H21N5O. The van der Waals surface area contributed by atoms with Crippen LogP contribution in [0.15, 0.2) is 0 Å². The van der Waals surface area contributed by atoms with Crippen molar-refractivity contribution < 1.29 is 4.79 Å². The Morgan fingerprint density at radius 3 is 2.28 bits per heavy atom. The molecule has 0 aliphatic rings. The van der Waals surface area contributed by atoms with Gasteiger partial charge in [0.15, 0.2) is 0 Å². The second-order valence-corrected chi connectivity index (χ2v) is 4.41. The number of hydrogen-bond donors (Lipinski definition) is 3. The number of hydrogen-bond acceptors (Lipinski definition) is 5. The molecule has 6 nitrogen and oxygen atoms in total. The summed E-state index contributed by atoms with van der Waals surface area (Å²) in [4.78, 5) is 19.7. The van der Waals surface area contributed by atoms with Gasteiger partial charge in [0.05, 0.1) is 6.54 Å². The highest BCUT2D eigenvalue weighted by molar-refractivity contribution is 5.79. The Hall–Kier alpha value is -1.85. The molecule has 0 radical (unpaired) electrons. The first-order chi connectivity index (χ1) is 8.45. The number of carbonyl (C=O) groups excluding carboxylic acids is 1. The van der Waals surface area contributed by atoms with E-state index in [2.05, 4.69) is 20.6 Å². The molecule has 0 unspecified atom stereocenters. The maximum atomic E-state index is 10.8. The van der Waals surface area contributed by atoms with Crippen molar-refractivity contribution in [2.75, 3.05) is 23.7 Å². The number of nitrogens with one attached hydrogen (secondary N) is 2. The van der Waals surface area contributed by atoms with E-state index in [1.165, 1.54) is 0 Å². The van der Waals surface area contributed by atoms with Gasteiger partial charge in [-0.25, -0.2) is 9.97 Å². The normalized spacial score (nSPS) is 10.5. The number of carbonyl (C=O) groups is 1. The molecule has 0 spiro atoms. The summed E-state index contributed by atoms with van der Waals surface area (Å²) in [6.07, 6.45) is 0. The molecule has 100 valence electrons. The zero-order valence-electron chi connectivity index (χ0n) is 11.4. The summed E-state index contributed by atoms with van der Waals surface area (Å²) in [7, 11) is 0. The van der Waals surface area contributed by atoms with Gasteiger partial charge in [0.2, 0.25) is 5.91 Å². The minimum Gasteiger partial charge on any atom is -0.370 e. The Morgan fingerprint density at radius 1 is 1.28 bits per heavy atom. The van der Waals surface area contributed by atoms with Gasteiger partial charge in [0.25, 0.3) is 0 Å². The number of primary amides is 1. The van der Waals surface area contributed by atoms with Crippen molar-refractivity contribution in [1.29, 1.82) is 0 Å². The average molecular weight is 251 g/mol. The number of nitrogens with zero attached hydrogens (tertiary/aromatic N) is 2. The topological polar surface area (TPSA) is 92.9 Å². The number of rotatable bonds is 6. The first-order valence-electron chi connectivity index (χ1n) is 6.10. The van der Waals surface area contributed by atoms with Crippen molar-refractivity contribution in [3.8, 4) is 0 Å². The van der Waals surface area contributed by atoms with Gasteiger partial charge in [-0.15, -0.1) is 0 Å². The van der Waals surface area contributed by atoms with Gasteiger partial charge < -0.3 is 16.4 Å². The van der Waals surface area contributed by atoms with Crippen LogP contribution in [0.5, 0.6) is 0 Å². The standard InChI is InChI=1S/C12H21N5O/c1-5-14-11-8(4)12(15-6-9(13)18)17-10(16-11)7(2)3/h7H,5-6H2,1-4H3,(H2,13,18)(H2,14,15,16,17). The van der Waals surface area contributed by atoms with E-state index < -0.39 is 5.91 Å². The number of amides is 1. The van der Waals surface area contributed by atoms with E-state index in [9.17, 15) is 4.79 Å². The van der Waals surface area contributed by atoms with Crippen molar-refractivity contribution in [2.45, 2.75) is 33.6 Å². The SMILES string of the molecule is CCNc1nc(C(C)C)nc(NCC(N)=O)c1C.